The standard InChI is InChI=1S/C18H25FN6O3S/c1-21-29(27,28)16-2-3-17(23-10-16)24-6-4-14(5-7-24)22-11-18(26)25-12-13(19)8-15(25)9-20/h2-3,10,13-15,21-22H,4-8,11-12H2,1H3/t13-,15-/m0/s1. The summed E-state index contributed by atoms with van der Waals surface area (Å²) in [5.74, 6) is 0.458. The van der Waals surface area contributed by atoms with Gasteiger partial charge in [-0.3, -0.25) is 4.79 Å². The molecule has 2 aliphatic rings. The van der Waals surface area contributed by atoms with E-state index in [1.165, 1.54) is 24.2 Å². The number of amides is 1. The Morgan fingerprint density at radius 2 is 2.10 bits per heavy atom. The number of rotatable bonds is 6. The molecule has 0 saturated carbocycles. The van der Waals surface area contributed by atoms with Crippen LogP contribution in [0.5, 0.6) is 0 Å². The monoisotopic (exact) mass is 424 g/mol. The molecule has 1 aromatic rings. The molecule has 0 radical (unpaired) electrons. The smallest absolute Gasteiger partial charge is 0.241 e. The maximum Gasteiger partial charge on any atom is 0.241 e. The molecule has 1 aromatic heterocycles. The predicted molar refractivity (Wildman–Crippen MR) is 104 cm³/mol. The number of halogens is 1. The zero-order valence-electron chi connectivity index (χ0n) is 16.2. The highest BCUT2D eigenvalue weighted by molar-refractivity contribution is 7.89. The van der Waals surface area contributed by atoms with Gasteiger partial charge in [-0.2, -0.15) is 5.26 Å². The Kier molecular flexibility index (Phi) is 6.66. The first kappa shape index (κ1) is 21.4. The summed E-state index contributed by atoms with van der Waals surface area (Å²) in [4.78, 5) is 20.0. The van der Waals surface area contributed by atoms with Gasteiger partial charge in [0.2, 0.25) is 15.9 Å². The molecule has 3 rings (SSSR count). The van der Waals surface area contributed by atoms with Crippen LogP contribution in [0.3, 0.4) is 0 Å². The minimum absolute atomic E-state index is 0.0118. The quantitative estimate of drug-likeness (QED) is 0.660. The fourth-order valence-corrected chi connectivity index (χ4v) is 4.34. The molecular formula is C18H25FN6O3S. The lowest BCUT2D eigenvalue weighted by Gasteiger charge is -2.33. The number of nitrogens with one attached hydrogen (secondary N) is 2. The van der Waals surface area contributed by atoms with Crippen LogP contribution in [0.25, 0.3) is 0 Å². The molecule has 3 heterocycles. The first-order chi connectivity index (χ1) is 13.8. The van der Waals surface area contributed by atoms with Gasteiger partial charge in [0.25, 0.3) is 0 Å². The van der Waals surface area contributed by atoms with Crippen LogP contribution < -0.4 is 14.9 Å². The second-order valence-corrected chi connectivity index (χ2v) is 9.11. The number of alkyl halides is 1. The minimum atomic E-state index is -3.51. The predicted octanol–water partition coefficient (Wildman–Crippen LogP) is 0.0107. The van der Waals surface area contributed by atoms with Gasteiger partial charge in [0, 0.05) is 31.7 Å². The first-order valence-corrected chi connectivity index (χ1v) is 11.0. The number of pyridine rings is 1. The van der Waals surface area contributed by atoms with Gasteiger partial charge in [0.1, 0.15) is 22.9 Å². The van der Waals surface area contributed by atoms with E-state index in [-0.39, 0.29) is 36.4 Å². The Balaban J connectivity index is 1.47. The van der Waals surface area contributed by atoms with E-state index in [0.717, 1.165) is 12.8 Å². The van der Waals surface area contributed by atoms with Crippen LogP contribution in [-0.4, -0.2) is 75.7 Å². The largest absolute Gasteiger partial charge is 0.357 e. The second-order valence-electron chi connectivity index (χ2n) is 7.23. The number of anilines is 1. The molecule has 11 heteroatoms. The molecule has 29 heavy (non-hydrogen) atoms. The van der Waals surface area contributed by atoms with Gasteiger partial charge in [-0.15, -0.1) is 0 Å². The number of hydrogen-bond acceptors (Lipinski definition) is 7. The molecule has 0 aliphatic carbocycles. The summed E-state index contributed by atoms with van der Waals surface area (Å²) in [5.41, 5.74) is 0. The maximum atomic E-state index is 13.5. The Labute approximate surface area is 169 Å². The summed E-state index contributed by atoms with van der Waals surface area (Å²) in [6.07, 6.45) is 1.87. The van der Waals surface area contributed by atoms with Crippen LogP contribution in [0.1, 0.15) is 19.3 Å². The molecule has 0 unspecified atom stereocenters. The van der Waals surface area contributed by atoms with Crippen LogP contribution in [0.2, 0.25) is 0 Å². The van der Waals surface area contributed by atoms with Gasteiger partial charge in [-0.1, -0.05) is 0 Å². The summed E-state index contributed by atoms with van der Waals surface area (Å²) < 4.78 is 39.3. The zero-order chi connectivity index (χ0) is 21.0. The van der Waals surface area contributed by atoms with E-state index in [1.807, 2.05) is 6.07 Å². The fourth-order valence-electron chi connectivity index (χ4n) is 3.66. The summed E-state index contributed by atoms with van der Waals surface area (Å²) in [6.45, 7) is 1.51. The lowest BCUT2D eigenvalue weighted by Crippen LogP contribution is -2.47. The molecule has 2 atom stereocenters. The van der Waals surface area contributed by atoms with Crippen molar-refractivity contribution in [3.63, 3.8) is 0 Å². The van der Waals surface area contributed by atoms with E-state index >= 15 is 0 Å². The summed E-state index contributed by atoms with van der Waals surface area (Å²) in [5, 5.41) is 12.3. The lowest BCUT2D eigenvalue weighted by molar-refractivity contribution is -0.130. The Hall–Kier alpha value is -2.29. The summed E-state index contributed by atoms with van der Waals surface area (Å²) in [6, 6.07) is 4.66. The third kappa shape index (κ3) is 5.01. The molecule has 2 N–H and O–H groups in total. The number of carbonyl (C=O) groups excluding carboxylic acids is 1. The van der Waals surface area contributed by atoms with Crippen molar-refractivity contribution in [3.05, 3.63) is 18.3 Å². The maximum absolute atomic E-state index is 13.5. The van der Waals surface area contributed by atoms with Crippen molar-refractivity contribution in [1.29, 1.82) is 5.26 Å². The molecule has 0 spiro atoms. The normalized spacial score (nSPS) is 23.2. The Morgan fingerprint density at radius 1 is 1.38 bits per heavy atom. The van der Waals surface area contributed by atoms with Crippen molar-refractivity contribution < 1.29 is 17.6 Å². The number of piperidine rings is 1. The van der Waals surface area contributed by atoms with Crippen molar-refractivity contribution in [2.75, 3.05) is 38.1 Å². The number of likely N-dealkylation sites (tertiary alicyclic amines) is 1. The van der Waals surface area contributed by atoms with Crippen molar-refractivity contribution in [1.82, 2.24) is 19.9 Å². The number of nitriles is 1. The zero-order valence-corrected chi connectivity index (χ0v) is 17.0. The number of aromatic nitrogens is 1. The van der Waals surface area contributed by atoms with E-state index in [2.05, 4.69) is 19.9 Å². The van der Waals surface area contributed by atoms with Gasteiger partial charge in [0.05, 0.1) is 19.2 Å². The highest BCUT2D eigenvalue weighted by Gasteiger charge is 2.35. The summed E-state index contributed by atoms with van der Waals surface area (Å²) in [7, 11) is -2.15. The minimum Gasteiger partial charge on any atom is -0.357 e. The van der Waals surface area contributed by atoms with Crippen LogP contribution in [0.4, 0.5) is 10.2 Å². The van der Waals surface area contributed by atoms with Crippen molar-refractivity contribution in [2.24, 2.45) is 0 Å². The van der Waals surface area contributed by atoms with Gasteiger partial charge >= 0.3 is 0 Å². The second kappa shape index (κ2) is 9.02. The third-order valence-electron chi connectivity index (χ3n) is 5.38. The van der Waals surface area contributed by atoms with Crippen molar-refractivity contribution in [3.8, 4) is 6.07 Å². The molecule has 2 aliphatic heterocycles. The Morgan fingerprint density at radius 3 is 2.69 bits per heavy atom. The van der Waals surface area contributed by atoms with E-state index in [1.54, 1.807) is 6.07 Å². The highest BCUT2D eigenvalue weighted by atomic mass is 32.2. The number of sulfonamides is 1. The third-order valence-corrected chi connectivity index (χ3v) is 6.78. The van der Waals surface area contributed by atoms with E-state index < -0.39 is 22.2 Å². The average Bonchev–Trinajstić information content (AvgIpc) is 3.13. The number of carbonyl (C=O) groups is 1. The Bertz CT molecular complexity index is 865. The van der Waals surface area contributed by atoms with Crippen molar-refractivity contribution >= 4 is 21.7 Å². The SMILES string of the molecule is CNS(=O)(=O)c1ccc(N2CCC(NCC(=O)N3C[C@@H](F)C[C@H]3C#N)CC2)nc1. The number of hydrogen-bond donors (Lipinski definition) is 2. The van der Waals surface area contributed by atoms with Crippen LogP contribution in [0.15, 0.2) is 23.2 Å². The fraction of sp³-hybridized carbons (Fsp3) is 0.611. The van der Waals surface area contributed by atoms with Crippen LogP contribution in [-0.2, 0) is 14.8 Å². The van der Waals surface area contributed by atoms with E-state index in [9.17, 15) is 17.6 Å². The molecule has 0 aromatic carbocycles. The van der Waals surface area contributed by atoms with Gasteiger partial charge in [-0.05, 0) is 32.0 Å². The molecule has 2 saturated heterocycles. The topological polar surface area (TPSA) is 118 Å². The first-order valence-electron chi connectivity index (χ1n) is 9.55. The summed E-state index contributed by atoms with van der Waals surface area (Å²) >= 11 is 0. The van der Waals surface area contributed by atoms with E-state index in [4.69, 9.17) is 5.26 Å². The lowest BCUT2D eigenvalue weighted by atomic mass is 10.0. The van der Waals surface area contributed by atoms with Crippen LogP contribution >= 0.6 is 0 Å². The van der Waals surface area contributed by atoms with Gasteiger partial charge in [-0.25, -0.2) is 22.5 Å². The molecule has 9 nitrogen and oxygen atoms in total. The molecule has 158 valence electrons. The van der Waals surface area contributed by atoms with Gasteiger partial charge < -0.3 is 15.1 Å². The van der Waals surface area contributed by atoms with Crippen LogP contribution in [0, 0.1) is 11.3 Å². The average molecular weight is 425 g/mol. The van der Waals surface area contributed by atoms with E-state index in [0.29, 0.717) is 18.9 Å². The molecule has 1 amide bonds. The highest BCUT2D eigenvalue weighted by Crippen LogP contribution is 2.21. The number of nitrogens with zero attached hydrogens (tertiary/aromatic N) is 4. The van der Waals surface area contributed by atoms with Gasteiger partial charge in [0.15, 0.2) is 0 Å². The van der Waals surface area contributed by atoms with Crippen molar-refractivity contribution in [2.45, 2.75) is 42.4 Å². The molecule has 0 bridgehead atoms. The molecular weight excluding hydrogens is 399 g/mol. The molecule has 2 fully saturated rings.